The standard InChI is InChI=1S/C17H27ClN4O2/c1-5-11(3)19-16(23)21-15(13-7-9-14(18)10-8-13)22-17(24)20-12(4)6-2/h7-12,15H,5-6H2,1-4H3,(H2,19,21,23)(H2,20,22,24). The summed E-state index contributed by atoms with van der Waals surface area (Å²) in [5, 5.41) is 11.8. The average Bonchev–Trinajstić information content (AvgIpc) is 2.54. The first-order valence-electron chi connectivity index (χ1n) is 8.25. The summed E-state index contributed by atoms with van der Waals surface area (Å²) in [7, 11) is 0. The summed E-state index contributed by atoms with van der Waals surface area (Å²) in [4.78, 5) is 24.2. The van der Waals surface area contributed by atoms with E-state index in [1.54, 1.807) is 24.3 Å². The second kappa shape index (κ2) is 10.0. The van der Waals surface area contributed by atoms with E-state index in [9.17, 15) is 9.59 Å². The number of carbonyl (C=O) groups excluding carboxylic acids is 2. The molecule has 6 nitrogen and oxygen atoms in total. The zero-order valence-electron chi connectivity index (χ0n) is 14.7. The van der Waals surface area contributed by atoms with Crippen LogP contribution in [0.3, 0.4) is 0 Å². The predicted molar refractivity (Wildman–Crippen MR) is 97.0 cm³/mol. The molecular weight excluding hydrogens is 328 g/mol. The Morgan fingerprint density at radius 2 is 1.29 bits per heavy atom. The minimum Gasteiger partial charge on any atom is -0.336 e. The highest BCUT2D eigenvalue weighted by molar-refractivity contribution is 6.30. The van der Waals surface area contributed by atoms with E-state index in [2.05, 4.69) is 21.3 Å². The van der Waals surface area contributed by atoms with Crippen LogP contribution in [0.1, 0.15) is 52.3 Å². The number of halogens is 1. The Morgan fingerprint density at radius 3 is 1.67 bits per heavy atom. The molecule has 2 atom stereocenters. The normalized spacial score (nSPS) is 14.2. The molecule has 1 aromatic rings. The lowest BCUT2D eigenvalue weighted by Crippen LogP contribution is -2.50. The molecule has 0 heterocycles. The van der Waals surface area contributed by atoms with E-state index in [-0.39, 0.29) is 24.1 Å². The van der Waals surface area contributed by atoms with Crippen LogP contribution < -0.4 is 21.3 Å². The van der Waals surface area contributed by atoms with E-state index in [4.69, 9.17) is 11.6 Å². The van der Waals surface area contributed by atoms with Crippen LogP contribution in [0.5, 0.6) is 0 Å². The third kappa shape index (κ3) is 7.08. The molecule has 0 aliphatic carbocycles. The van der Waals surface area contributed by atoms with E-state index in [1.807, 2.05) is 27.7 Å². The Bertz CT molecular complexity index is 510. The summed E-state index contributed by atoms with van der Waals surface area (Å²) in [6.45, 7) is 7.80. The van der Waals surface area contributed by atoms with Crippen LogP contribution >= 0.6 is 11.6 Å². The summed E-state index contributed by atoms with van der Waals surface area (Å²) < 4.78 is 0. The van der Waals surface area contributed by atoms with Gasteiger partial charge in [-0.1, -0.05) is 37.6 Å². The van der Waals surface area contributed by atoms with Gasteiger partial charge in [-0.2, -0.15) is 0 Å². The summed E-state index contributed by atoms with van der Waals surface area (Å²) in [5.74, 6) is 0. The van der Waals surface area contributed by atoms with Crippen LogP contribution in [0, 0.1) is 0 Å². The Morgan fingerprint density at radius 1 is 0.875 bits per heavy atom. The molecule has 1 aromatic carbocycles. The second-order valence-corrected chi connectivity index (χ2v) is 6.28. The monoisotopic (exact) mass is 354 g/mol. The molecule has 4 N–H and O–H groups in total. The Labute approximate surface area is 148 Å². The third-order valence-corrected chi connectivity index (χ3v) is 3.99. The van der Waals surface area contributed by atoms with E-state index >= 15 is 0 Å². The first-order chi connectivity index (χ1) is 11.3. The Hall–Kier alpha value is -1.95. The van der Waals surface area contributed by atoms with Gasteiger partial charge in [-0.15, -0.1) is 0 Å². The number of amides is 4. The first-order valence-corrected chi connectivity index (χ1v) is 8.63. The molecular formula is C17H27ClN4O2. The van der Waals surface area contributed by atoms with Gasteiger partial charge in [0, 0.05) is 17.1 Å². The molecule has 0 saturated heterocycles. The minimum atomic E-state index is -0.657. The highest BCUT2D eigenvalue weighted by Gasteiger charge is 2.18. The van der Waals surface area contributed by atoms with Crippen LogP contribution in [0.4, 0.5) is 9.59 Å². The molecule has 0 aliphatic heterocycles. The van der Waals surface area contributed by atoms with Crippen LogP contribution in [-0.2, 0) is 0 Å². The van der Waals surface area contributed by atoms with Crippen molar-refractivity contribution in [3.05, 3.63) is 34.9 Å². The number of hydrogen-bond donors (Lipinski definition) is 4. The molecule has 1 rings (SSSR count). The first kappa shape index (κ1) is 20.1. The van der Waals surface area contributed by atoms with Crippen molar-refractivity contribution >= 4 is 23.7 Å². The Balaban J connectivity index is 2.81. The topological polar surface area (TPSA) is 82.3 Å². The summed E-state index contributed by atoms with van der Waals surface area (Å²) in [6, 6.07) is 6.37. The molecule has 2 unspecified atom stereocenters. The van der Waals surface area contributed by atoms with Gasteiger partial charge in [-0.3, -0.25) is 0 Å². The summed E-state index contributed by atoms with van der Waals surface area (Å²) in [5.41, 5.74) is 0.734. The number of benzene rings is 1. The quantitative estimate of drug-likeness (QED) is 0.565. The van der Waals surface area contributed by atoms with Crippen molar-refractivity contribution in [1.82, 2.24) is 21.3 Å². The fraction of sp³-hybridized carbons (Fsp3) is 0.529. The molecule has 7 heteroatoms. The number of nitrogens with one attached hydrogen (secondary N) is 4. The largest absolute Gasteiger partial charge is 0.336 e. The lowest BCUT2D eigenvalue weighted by molar-refractivity contribution is 0.222. The van der Waals surface area contributed by atoms with Crippen molar-refractivity contribution < 1.29 is 9.59 Å². The third-order valence-electron chi connectivity index (χ3n) is 3.73. The second-order valence-electron chi connectivity index (χ2n) is 5.84. The minimum absolute atomic E-state index is 0.0461. The van der Waals surface area contributed by atoms with E-state index in [0.29, 0.717) is 5.02 Å². The van der Waals surface area contributed by atoms with Crippen LogP contribution in [0.25, 0.3) is 0 Å². The van der Waals surface area contributed by atoms with Gasteiger partial charge in [0.05, 0.1) is 0 Å². The van der Waals surface area contributed by atoms with Crippen molar-refractivity contribution in [2.75, 3.05) is 0 Å². The van der Waals surface area contributed by atoms with Gasteiger partial charge in [0.25, 0.3) is 0 Å². The maximum Gasteiger partial charge on any atom is 0.316 e. The maximum absolute atomic E-state index is 12.1. The lowest BCUT2D eigenvalue weighted by Gasteiger charge is -2.23. The number of rotatable bonds is 7. The van der Waals surface area contributed by atoms with Gasteiger partial charge in [0.2, 0.25) is 0 Å². The smallest absolute Gasteiger partial charge is 0.316 e. The molecule has 134 valence electrons. The van der Waals surface area contributed by atoms with E-state index in [1.165, 1.54) is 0 Å². The molecule has 0 aromatic heterocycles. The SMILES string of the molecule is CCC(C)NC(=O)NC(NC(=O)NC(C)CC)c1ccc(Cl)cc1. The van der Waals surface area contributed by atoms with Crippen molar-refractivity contribution in [1.29, 1.82) is 0 Å². The fourth-order valence-electron chi connectivity index (χ4n) is 1.86. The molecule has 0 fully saturated rings. The van der Waals surface area contributed by atoms with Gasteiger partial charge in [-0.05, 0) is 44.4 Å². The molecule has 0 aliphatic rings. The van der Waals surface area contributed by atoms with E-state index < -0.39 is 6.17 Å². The van der Waals surface area contributed by atoms with Gasteiger partial charge in [0.15, 0.2) is 0 Å². The zero-order chi connectivity index (χ0) is 18.1. The van der Waals surface area contributed by atoms with Gasteiger partial charge in [-0.25, -0.2) is 9.59 Å². The summed E-state index contributed by atoms with van der Waals surface area (Å²) >= 11 is 5.90. The van der Waals surface area contributed by atoms with Gasteiger partial charge < -0.3 is 21.3 Å². The molecule has 0 radical (unpaired) electrons. The van der Waals surface area contributed by atoms with Crippen molar-refractivity contribution in [2.45, 2.75) is 58.8 Å². The number of urea groups is 2. The molecule has 0 spiro atoms. The fourth-order valence-corrected chi connectivity index (χ4v) is 1.98. The number of carbonyl (C=O) groups is 2. The molecule has 24 heavy (non-hydrogen) atoms. The predicted octanol–water partition coefficient (Wildman–Crippen LogP) is 3.53. The van der Waals surface area contributed by atoms with Gasteiger partial charge in [0.1, 0.15) is 6.17 Å². The molecule has 0 bridgehead atoms. The molecule has 0 saturated carbocycles. The van der Waals surface area contributed by atoms with Crippen LogP contribution in [-0.4, -0.2) is 24.1 Å². The van der Waals surface area contributed by atoms with Crippen molar-refractivity contribution in [3.8, 4) is 0 Å². The highest BCUT2D eigenvalue weighted by atomic mass is 35.5. The molecule has 4 amide bonds. The van der Waals surface area contributed by atoms with E-state index in [0.717, 1.165) is 18.4 Å². The number of hydrogen-bond acceptors (Lipinski definition) is 2. The van der Waals surface area contributed by atoms with Crippen molar-refractivity contribution in [3.63, 3.8) is 0 Å². The van der Waals surface area contributed by atoms with Crippen LogP contribution in [0.15, 0.2) is 24.3 Å². The van der Waals surface area contributed by atoms with Crippen molar-refractivity contribution in [2.24, 2.45) is 0 Å². The van der Waals surface area contributed by atoms with Crippen LogP contribution in [0.2, 0.25) is 5.02 Å². The lowest BCUT2D eigenvalue weighted by atomic mass is 10.1. The summed E-state index contributed by atoms with van der Waals surface area (Å²) in [6.07, 6.45) is 0.984. The highest BCUT2D eigenvalue weighted by Crippen LogP contribution is 2.15. The van der Waals surface area contributed by atoms with Gasteiger partial charge >= 0.3 is 12.1 Å². The average molecular weight is 355 g/mol. The zero-order valence-corrected chi connectivity index (χ0v) is 15.4. The Kier molecular flexibility index (Phi) is 8.40. The maximum atomic E-state index is 12.1.